The number of halogens is 4. The first kappa shape index (κ1) is 28.9. The number of carbonyl (C=O) groups is 2. The Morgan fingerprint density at radius 2 is 1.77 bits per heavy atom. The van der Waals surface area contributed by atoms with Crippen LogP contribution in [0.15, 0.2) is 4.99 Å². The lowest BCUT2D eigenvalue weighted by atomic mass is 9.71. The first-order valence-corrected chi connectivity index (χ1v) is 16.6. The summed E-state index contributed by atoms with van der Waals surface area (Å²) in [6.45, 7) is 0.720. The molecule has 12 heteroatoms. The van der Waals surface area contributed by atoms with Gasteiger partial charge in [0.1, 0.15) is 17.8 Å². The van der Waals surface area contributed by atoms with E-state index in [1.807, 2.05) is 11.8 Å². The molecule has 40 heavy (non-hydrogen) atoms. The van der Waals surface area contributed by atoms with Gasteiger partial charge >= 0.3 is 12.2 Å². The number of thioether (sulfide) groups is 1. The minimum absolute atomic E-state index is 0.0269. The largest absolute Gasteiger partial charge is 0.391 e. The van der Waals surface area contributed by atoms with Crippen molar-refractivity contribution in [2.45, 2.75) is 117 Å². The van der Waals surface area contributed by atoms with Crippen LogP contribution in [0.2, 0.25) is 0 Å². The molecule has 6 aliphatic rings. The van der Waals surface area contributed by atoms with E-state index in [0.29, 0.717) is 43.1 Å². The van der Waals surface area contributed by atoms with Gasteiger partial charge in [0.25, 0.3) is 0 Å². The highest BCUT2D eigenvalue weighted by Gasteiger charge is 2.54. The summed E-state index contributed by atoms with van der Waals surface area (Å²) in [4.78, 5) is 35.3. The van der Waals surface area contributed by atoms with Gasteiger partial charge in [0.15, 0.2) is 0 Å². The molecule has 224 valence electrons. The number of rotatable bonds is 3. The molecule has 0 aromatic rings. The molecular formula is C28H41ClF3N5O2S. The lowest BCUT2D eigenvalue weighted by Crippen LogP contribution is -2.60. The monoisotopic (exact) mass is 603 g/mol. The second-order valence-corrected chi connectivity index (χ2v) is 14.6. The van der Waals surface area contributed by atoms with Gasteiger partial charge in [0.05, 0.1) is 18.0 Å². The van der Waals surface area contributed by atoms with Gasteiger partial charge in [-0.15, -0.1) is 23.4 Å². The zero-order valence-corrected chi connectivity index (χ0v) is 24.5. The molecule has 7 atom stereocenters. The maximum absolute atomic E-state index is 14.4. The molecule has 6 rings (SSSR count). The number of alkyl halides is 4. The van der Waals surface area contributed by atoms with Crippen LogP contribution in [-0.4, -0.2) is 87.5 Å². The highest BCUT2D eigenvalue weighted by Crippen LogP contribution is 2.48. The third-order valence-electron chi connectivity index (χ3n) is 10.1. The maximum atomic E-state index is 14.4. The Morgan fingerprint density at radius 3 is 2.50 bits per heavy atom. The van der Waals surface area contributed by atoms with Crippen molar-refractivity contribution in [1.29, 1.82) is 0 Å². The number of aliphatic imine (C=N–C) groups is 1. The summed E-state index contributed by atoms with van der Waals surface area (Å²) < 4.78 is 42.0. The van der Waals surface area contributed by atoms with Crippen molar-refractivity contribution in [2.24, 2.45) is 22.7 Å². The van der Waals surface area contributed by atoms with Crippen LogP contribution in [0.1, 0.15) is 77.0 Å². The van der Waals surface area contributed by atoms with Crippen molar-refractivity contribution in [3.63, 3.8) is 0 Å². The number of nitrogens with one attached hydrogen (secondary N) is 2. The number of fused-ring (bicyclic) bond motifs is 1. The molecule has 0 aromatic carbocycles. The SMILES string of the molecule is O=C1CN(C(=O)N2C(C3NC4CCCCC4S3)=NC(C3CCC(Cl)CC3)C2C2CCCC(C(F)(F)F)C2)CCN1. The number of urea groups is 1. The van der Waals surface area contributed by atoms with Gasteiger partial charge in [0, 0.05) is 29.8 Å². The molecule has 7 nitrogen and oxygen atoms in total. The summed E-state index contributed by atoms with van der Waals surface area (Å²) in [7, 11) is 0. The smallest absolute Gasteiger partial charge is 0.353 e. The summed E-state index contributed by atoms with van der Waals surface area (Å²) in [5.41, 5.74) is 0. The average Bonchev–Trinajstić information content (AvgIpc) is 3.55. The molecule has 3 heterocycles. The number of nitrogens with zero attached hydrogens (tertiary/aromatic N) is 3. The van der Waals surface area contributed by atoms with E-state index in [2.05, 4.69) is 10.6 Å². The minimum atomic E-state index is -4.24. The molecule has 2 saturated heterocycles. The number of hydrogen-bond acceptors (Lipinski definition) is 5. The Bertz CT molecular complexity index is 979. The molecule has 0 spiro atoms. The summed E-state index contributed by atoms with van der Waals surface area (Å²) in [5.74, 6) is -1.00. The van der Waals surface area contributed by atoms with Gasteiger partial charge in [-0.2, -0.15) is 13.2 Å². The van der Waals surface area contributed by atoms with Gasteiger partial charge in [0.2, 0.25) is 5.91 Å². The molecule has 3 aliphatic heterocycles. The molecule has 3 aliphatic carbocycles. The molecule has 0 aromatic heterocycles. The summed E-state index contributed by atoms with van der Waals surface area (Å²) in [5, 5.41) is 6.94. The number of hydrogen-bond donors (Lipinski definition) is 2. The quantitative estimate of drug-likeness (QED) is 0.439. The van der Waals surface area contributed by atoms with E-state index in [9.17, 15) is 22.8 Å². The van der Waals surface area contributed by atoms with Crippen molar-refractivity contribution >= 4 is 41.1 Å². The third kappa shape index (κ3) is 5.85. The summed E-state index contributed by atoms with van der Waals surface area (Å²) in [6, 6.07) is -0.598. The second kappa shape index (κ2) is 11.8. The zero-order valence-electron chi connectivity index (χ0n) is 22.9. The van der Waals surface area contributed by atoms with Crippen LogP contribution in [-0.2, 0) is 4.79 Å². The molecule has 5 fully saturated rings. The van der Waals surface area contributed by atoms with E-state index >= 15 is 0 Å². The van der Waals surface area contributed by atoms with Gasteiger partial charge in [-0.3, -0.25) is 20.0 Å². The van der Waals surface area contributed by atoms with Crippen LogP contribution in [0.5, 0.6) is 0 Å². The van der Waals surface area contributed by atoms with Gasteiger partial charge < -0.3 is 10.2 Å². The maximum Gasteiger partial charge on any atom is 0.391 e. The van der Waals surface area contributed by atoms with Crippen molar-refractivity contribution in [3.05, 3.63) is 0 Å². The molecule has 2 N–H and O–H groups in total. The molecule has 0 bridgehead atoms. The second-order valence-electron chi connectivity index (χ2n) is 12.7. The number of amidine groups is 1. The van der Waals surface area contributed by atoms with Crippen LogP contribution in [0.25, 0.3) is 0 Å². The Morgan fingerprint density at radius 1 is 1.00 bits per heavy atom. The van der Waals surface area contributed by atoms with Crippen molar-refractivity contribution in [3.8, 4) is 0 Å². The third-order valence-corrected chi connectivity index (χ3v) is 12.1. The summed E-state index contributed by atoms with van der Waals surface area (Å²) in [6.07, 6.45) is 5.10. The van der Waals surface area contributed by atoms with E-state index in [1.165, 1.54) is 12.8 Å². The van der Waals surface area contributed by atoms with E-state index in [4.69, 9.17) is 16.6 Å². The predicted molar refractivity (Wildman–Crippen MR) is 150 cm³/mol. The topological polar surface area (TPSA) is 77.0 Å². The van der Waals surface area contributed by atoms with Crippen molar-refractivity contribution in [2.75, 3.05) is 19.6 Å². The zero-order chi connectivity index (χ0) is 28.0. The van der Waals surface area contributed by atoms with E-state index in [0.717, 1.165) is 38.5 Å². The first-order valence-electron chi connectivity index (χ1n) is 15.2. The lowest BCUT2D eigenvalue weighted by Gasteiger charge is -2.43. The Labute approximate surface area is 243 Å². The van der Waals surface area contributed by atoms with Crippen molar-refractivity contribution < 1.29 is 22.8 Å². The van der Waals surface area contributed by atoms with E-state index in [-0.39, 0.29) is 60.0 Å². The number of amides is 3. The molecular weight excluding hydrogens is 563 g/mol. The summed E-state index contributed by atoms with van der Waals surface area (Å²) >= 11 is 8.28. The molecule has 3 saturated carbocycles. The normalized spacial score (nSPS) is 41.0. The Balaban J connectivity index is 1.36. The van der Waals surface area contributed by atoms with Crippen LogP contribution in [0, 0.1) is 17.8 Å². The first-order chi connectivity index (χ1) is 19.2. The van der Waals surface area contributed by atoms with Crippen LogP contribution in [0.4, 0.5) is 18.0 Å². The highest BCUT2D eigenvalue weighted by molar-refractivity contribution is 8.01. The average molecular weight is 604 g/mol. The van der Waals surface area contributed by atoms with Crippen LogP contribution in [0.3, 0.4) is 0 Å². The van der Waals surface area contributed by atoms with Gasteiger partial charge in [-0.25, -0.2) is 4.79 Å². The lowest BCUT2D eigenvalue weighted by molar-refractivity contribution is -0.187. The number of piperazine rings is 1. The minimum Gasteiger partial charge on any atom is -0.353 e. The van der Waals surface area contributed by atoms with Gasteiger partial charge in [-0.05, 0) is 69.6 Å². The molecule has 7 unspecified atom stereocenters. The van der Waals surface area contributed by atoms with Crippen LogP contribution < -0.4 is 10.6 Å². The highest BCUT2D eigenvalue weighted by atomic mass is 35.5. The molecule has 0 radical (unpaired) electrons. The fourth-order valence-electron chi connectivity index (χ4n) is 8.09. The Hall–Kier alpha value is -1.20. The van der Waals surface area contributed by atoms with E-state index < -0.39 is 18.1 Å². The van der Waals surface area contributed by atoms with E-state index in [1.54, 1.807) is 9.80 Å². The van der Waals surface area contributed by atoms with Crippen molar-refractivity contribution in [1.82, 2.24) is 20.4 Å². The van der Waals surface area contributed by atoms with Gasteiger partial charge in [-0.1, -0.05) is 19.3 Å². The Kier molecular flexibility index (Phi) is 8.54. The molecule has 3 amide bonds. The fourth-order valence-corrected chi connectivity index (χ4v) is 9.95. The fraction of sp³-hybridized carbons (Fsp3) is 0.893. The number of carbonyl (C=O) groups excluding carboxylic acids is 2. The standard InChI is InChI=1S/C28H41ClF3N5O2S/c29-19-10-8-16(9-11-19)23-24(17-4-3-5-18(14-17)28(30,31)32)37(27(39)36-13-12-33-22(38)15-36)25(35-23)26-34-20-6-1-2-7-21(20)40-26/h16-21,23-24,26,34H,1-15H2,(H,33,38). The van der Waals surface area contributed by atoms with Crippen LogP contribution >= 0.6 is 23.4 Å². The predicted octanol–water partition coefficient (Wildman–Crippen LogP) is 5.13.